The number of methoxy groups -OCH3 is 1. The molecule has 3 aromatic rings. The Morgan fingerprint density at radius 3 is 2.71 bits per heavy atom. The zero-order chi connectivity index (χ0) is 17.1. The summed E-state index contributed by atoms with van der Waals surface area (Å²) in [4.78, 5) is 11.5. The van der Waals surface area contributed by atoms with Gasteiger partial charge in [0.05, 0.1) is 13.7 Å². The van der Waals surface area contributed by atoms with Crippen molar-refractivity contribution in [3.8, 4) is 17.0 Å². The first-order valence-electron chi connectivity index (χ1n) is 7.45. The van der Waals surface area contributed by atoms with E-state index in [9.17, 15) is 9.90 Å². The summed E-state index contributed by atoms with van der Waals surface area (Å²) in [7, 11) is 1.57. The van der Waals surface area contributed by atoms with E-state index in [1.54, 1.807) is 23.9 Å². The van der Waals surface area contributed by atoms with Gasteiger partial charge in [-0.2, -0.15) is 0 Å². The number of aromatic carboxylic acids is 1. The Morgan fingerprint density at radius 2 is 2.00 bits per heavy atom. The van der Waals surface area contributed by atoms with Crippen LogP contribution in [0.4, 0.5) is 0 Å². The molecule has 3 rings (SSSR count). The van der Waals surface area contributed by atoms with Gasteiger partial charge in [0.15, 0.2) is 5.69 Å². The first-order chi connectivity index (χ1) is 11.6. The lowest BCUT2D eigenvalue weighted by atomic mass is 10.1. The van der Waals surface area contributed by atoms with Gasteiger partial charge in [-0.3, -0.25) is 0 Å². The van der Waals surface area contributed by atoms with E-state index in [0.717, 1.165) is 11.1 Å². The first-order valence-corrected chi connectivity index (χ1v) is 7.45. The van der Waals surface area contributed by atoms with Gasteiger partial charge in [0.25, 0.3) is 0 Å². The molecule has 0 fully saturated rings. The molecule has 1 aromatic heterocycles. The van der Waals surface area contributed by atoms with Crippen LogP contribution in [-0.2, 0) is 6.54 Å². The molecular weight excluding hydrogens is 306 g/mol. The second kappa shape index (κ2) is 6.54. The van der Waals surface area contributed by atoms with E-state index in [4.69, 9.17) is 4.74 Å². The molecule has 0 bridgehead atoms. The Balaban J connectivity index is 2.08. The summed E-state index contributed by atoms with van der Waals surface area (Å²) >= 11 is 0. The van der Waals surface area contributed by atoms with Gasteiger partial charge >= 0.3 is 5.97 Å². The number of benzene rings is 2. The number of ether oxygens (including phenoxy) is 1. The third-order valence-electron chi connectivity index (χ3n) is 3.70. The second-order valence-corrected chi connectivity index (χ2v) is 5.47. The largest absolute Gasteiger partial charge is 0.497 e. The van der Waals surface area contributed by atoms with Crippen molar-refractivity contribution in [2.75, 3.05) is 7.11 Å². The molecule has 0 atom stereocenters. The number of rotatable bonds is 5. The lowest BCUT2D eigenvalue weighted by Gasteiger charge is -2.09. The van der Waals surface area contributed by atoms with E-state index in [2.05, 4.69) is 10.3 Å². The summed E-state index contributed by atoms with van der Waals surface area (Å²) in [5.74, 6) is -0.463. The highest BCUT2D eigenvalue weighted by molar-refractivity contribution is 5.92. The molecule has 1 N–H and O–H groups in total. The minimum atomic E-state index is -1.11. The minimum Gasteiger partial charge on any atom is -0.497 e. The maximum atomic E-state index is 11.5. The Bertz CT molecular complexity index is 887. The van der Waals surface area contributed by atoms with Crippen LogP contribution < -0.4 is 4.74 Å². The SMILES string of the molecule is COc1cccc(-c2c(C(=O)O)nnn2Cc2cccc(C)c2)c1. The van der Waals surface area contributed by atoms with E-state index in [-0.39, 0.29) is 5.69 Å². The molecule has 24 heavy (non-hydrogen) atoms. The lowest BCUT2D eigenvalue weighted by molar-refractivity contribution is 0.0691. The molecule has 2 aromatic carbocycles. The first kappa shape index (κ1) is 15.7. The van der Waals surface area contributed by atoms with Crippen LogP contribution >= 0.6 is 0 Å². The molecule has 0 radical (unpaired) electrons. The molecule has 122 valence electrons. The van der Waals surface area contributed by atoms with Gasteiger partial charge < -0.3 is 9.84 Å². The molecule has 0 amide bonds. The van der Waals surface area contributed by atoms with Crippen LogP contribution in [0.2, 0.25) is 0 Å². The van der Waals surface area contributed by atoms with Crippen molar-refractivity contribution in [2.45, 2.75) is 13.5 Å². The van der Waals surface area contributed by atoms with Gasteiger partial charge in [-0.05, 0) is 24.6 Å². The zero-order valence-electron chi connectivity index (χ0n) is 13.4. The number of carboxylic acids is 1. The quantitative estimate of drug-likeness (QED) is 0.781. The van der Waals surface area contributed by atoms with E-state index in [1.165, 1.54) is 0 Å². The van der Waals surface area contributed by atoms with Crippen LogP contribution in [0.15, 0.2) is 48.5 Å². The van der Waals surface area contributed by atoms with Gasteiger partial charge in [-0.1, -0.05) is 47.2 Å². The van der Waals surface area contributed by atoms with Crippen LogP contribution in [0.25, 0.3) is 11.3 Å². The maximum Gasteiger partial charge on any atom is 0.358 e. The van der Waals surface area contributed by atoms with Crippen molar-refractivity contribution in [3.05, 3.63) is 65.4 Å². The van der Waals surface area contributed by atoms with Crippen molar-refractivity contribution < 1.29 is 14.6 Å². The van der Waals surface area contributed by atoms with Crippen molar-refractivity contribution in [1.82, 2.24) is 15.0 Å². The molecule has 0 spiro atoms. The van der Waals surface area contributed by atoms with Crippen molar-refractivity contribution in [1.29, 1.82) is 0 Å². The van der Waals surface area contributed by atoms with Crippen molar-refractivity contribution >= 4 is 5.97 Å². The summed E-state index contributed by atoms with van der Waals surface area (Å²) in [5, 5.41) is 17.3. The number of carbonyl (C=O) groups is 1. The number of carboxylic acid groups (broad SMARTS) is 1. The fourth-order valence-corrected chi connectivity index (χ4v) is 2.61. The molecule has 0 saturated carbocycles. The Labute approximate surface area is 139 Å². The van der Waals surface area contributed by atoms with Crippen LogP contribution in [0, 0.1) is 6.92 Å². The highest BCUT2D eigenvalue weighted by Gasteiger charge is 2.21. The average molecular weight is 323 g/mol. The smallest absolute Gasteiger partial charge is 0.358 e. The Hall–Kier alpha value is -3.15. The predicted octanol–water partition coefficient (Wildman–Crippen LogP) is 3.01. The zero-order valence-corrected chi connectivity index (χ0v) is 13.4. The standard InChI is InChI=1S/C18H17N3O3/c1-12-5-3-6-13(9-12)11-21-17(16(18(22)23)19-20-21)14-7-4-8-15(10-14)24-2/h3-10H,11H2,1-2H3,(H,22,23). The number of aryl methyl sites for hydroxylation is 1. The molecule has 0 aliphatic heterocycles. The molecule has 0 aliphatic rings. The van der Waals surface area contributed by atoms with Crippen molar-refractivity contribution in [3.63, 3.8) is 0 Å². The van der Waals surface area contributed by atoms with Gasteiger partial charge in [-0.25, -0.2) is 9.48 Å². The van der Waals surface area contributed by atoms with Gasteiger partial charge in [-0.15, -0.1) is 5.10 Å². The summed E-state index contributed by atoms with van der Waals surface area (Å²) in [6, 6.07) is 15.2. The van der Waals surface area contributed by atoms with Crippen LogP contribution in [0.3, 0.4) is 0 Å². The lowest BCUT2D eigenvalue weighted by Crippen LogP contribution is -2.06. The van der Waals surface area contributed by atoms with Crippen molar-refractivity contribution in [2.24, 2.45) is 0 Å². The van der Waals surface area contributed by atoms with Gasteiger partial charge in [0, 0.05) is 5.56 Å². The molecule has 6 nitrogen and oxygen atoms in total. The molecule has 0 unspecified atom stereocenters. The van der Waals surface area contributed by atoms with Gasteiger partial charge in [0.2, 0.25) is 0 Å². The Kier molecular flexibility index (Phi) is 4.29. The summed E-state index contributed by atoms with van der Waals surface area (Å²) in [6.07, 6.45) is 0. The summed E-state index contributed by atoms with van der Waals surface area (Å²) in [5.41, 5.74) is 3.25. The van der Waals surface area contributed by atoms with Gasteiger partial charge in [0.1, 0.15) is 11.4 Å². The number of aromatic nitrogens is 3. The summed E-state index contributed by atoms with van der Waals surface area (Å²) < 4.78 is 6.83. The van der Waals surface area contributed by atoms with Crippen LogP contribution in [0.5, 0.6) is 5.75 Å². The van der Waals surface area contributed by atoms with E-state index in [0.29, 0.717) is 23.6 Å². The Morgan fingerprint density at radius 1 is 1.21 bits per heavy atom. The maximum absolute atomic E-state index is 11.5. The molecule has 1 heterocycles. The molecular formula is C18H17N3O3. The molecule has 0 saturated heterocycles. The third kappa shape index (κ3) is 3.12. The van der Waals surface area contributed by atoms with Crippen LogP contribution in [0.1, 0.15) is 21.6 Å². The fourth-order valence-electron chi connectivity index (χ4n) is 2.61. The number of nitrogens with zero attached hydrogens (tertiary/aromatic N) is 3. The molecule has 6 heteroatoms. The topological polar surface area (TPSA) is 77.2 Å². The fraction of sp³-hybridized carbons (Fsp3) is 0.167. The molecule has 0 aliphatic carbocycles. The minimum absolute atomic E-state index is 0.0732. The number of hydrogen-bond donors (Lipinski definition) is 1. The highest BCUT2D eigenvalue weighted by atomic mass is 16.5. The normalized spacial score (nSPS) is 10.6. The number of hydrogen-bond acceptors (Lipinski definition) is 4. The average Bonchev–Trinajstić information content (AvgIpc) is 2.99. The summed E-state index contributed by atoms with van der Waals surface area (Å²) in [6.45, 7) is 2.45. The van der Waals surface area contributed by atoms with Crippen LogP contribution in [-0.4, -0.2) is 33.2 Å². The third-order valence-corrected chi connectivity index (χ3v) is 3.70. The monoisotopic (exact) mass is 323 g/mol. The predicted molar refractivity (Wildman–Crippen MR) is 89.3 cm³/mol. The van der Waals surface area contributed by atoms with E-state index in [1.807, 2.05) is 43.3 Å². The second-order valence-electron chi connectivity index (χ2n) is 5.47. The highest BCUT2D eigenvalue weighted by Crippen LogP contribution is 2.26. The van der Waals surface area contributed by atoms with E-state index < -0.39 is 5.97 Å². The van der Waals surface area contributed by atoms with E-state index >= 15 is 0 Å².